The molecule has 0 aromatic heterocycles. The van der Waals surface area contributed by atoms with Crippen LogP contribution in [0.15, 0.2) is 18.2 Å². The summed E-state index contributed by atoms with van der Waals surface area (Å²) in [7, 11) is 0. The maximum Gasteiger partial charge on any atom is 0.292 e. The first-order valence-corrected chi connectivity index (χ1v) is 5.83. The maximum atomic E-state index is 12.9. The molecule has 5 heteroatoms. The maximum absolute atomic E-state index is 12.9. The van der Waals surface area contributed by atoms with Crippen molar-refractivity contribution in [2.24, 2.45) is 0 Å². The average Bonchev–Trinajstić information content (AvgIpc) is 2.37. The van der Waals surface area contributed by atoms with Gasteiger partial charge in [-0.2, -0.15) is 0 Å². The van der Waals surface area contributed by atoms with Crippen molar-refractivity contribution < 1.29 is 18.4 Å². The highest BCUT2D eigenvalue weighted by molar-refractivity contribution is 6.42. The third kappa shape index (κ3) is 3.91. The summed E-state index contributed by atoms with van der Waals surface area (Å²) in [6, 6.07) is 2.64. The molecule has 0 atom stereocenters. The molecule has 18 heavy (non-hydrogen) atoms. The minimum atomic E-state index is -1.14. The molecule has 1 N–H and O–H groups in total. The van der Waals surface area contributed by atoms with Crippen LogP contribution in [0.4, 0.5) is 8.78 Å². The third-order valence-corrected chi connectivity index (χ3v) is 2.45. The summed E-state index contributed by atoms with van der Waals surface area (Å²) in [6.45, 7) is 2.43. The minimum absolute atomic E-state index is 0.151. The molecule has 0 heterocycles. The lowest BCUT2D eigenvalue weighted by Crippen LogP contribution is -2.31. The molecule has 1 rings (SSSR count). The predicted octanol–water partition coefficient (Wildman–Crippen LogP) is 2.45. The summed E-state index contributed by atoms with van der Waals surface area (Å²) in [5.41, 5.74) is -0.151. The summed E-state index contributed by atoms with van der Waals surface area (Å²) in [6.07, 6.45) is 2.75. The molecule has 1 aromatic carbocycles. The van der Waals surface area contributed by atoms with Crippen molar-refractivity contribution in [3.05, 3.63) is 35.4 Å². The Bertz CT molecular complexity index is 447. The molecule has 0 bridgehead atoms. The molecular formula is C13H15F2NO2. The van der Waals surface area contributed by atoms with Gasteiger partial charge in [0, 0.05) is 12.1 Å². The van der Waals surface area contributed by atoms with Gasteiger partial charge in [-0.15, -0.1) is 0 Å². The van der Waals surface area contributed by atoms with E-state index in [0.29, 0.717) is 6.54 Å². The summed E-state index contributed by atoms with van der Waals surface area (Å²) in [5.74, 6) is -3.84. The number of carbonyl (C=O) groups excluding carboxylic acids is 2. The molecule has 0 unspecified atom stereocenters. The van der Waals surface area contributed by atoms with E-state index in [-0.39, 0.29) is 5.56 Å². The van der Waals surface area contributed by atoms with Gasteiger partial charge in [0.15, 0.2) is 11.6 Å². The van der Waals surface area contributed by atoms with Crippen molar-refractivity contribution in [2.75, 3.05) is 6.54 Å². The average molecular weight is 255 g/mol. The van der Waals surface area contributed by atoms with Gasteiger partial charge in [-0.1, -0.05) is 19.8 Å². The number of halogens is 2. The van der Waals surface area contributed by atoms with E-state index >= 15 is 0 Å². The van der Waals surface area contributed by atoms with E-state index in [0.717, 1.165) is 37.5 Å². The quantitative estimate of drug-likeness (QED) is 0.482. The van der Waals surface area contributed by atoms with Crippen molar-refractivity contribution >= 4 is 11.7 Å². The van der Waals surface area contributed by atoms with Crippen LogP contribution in [0.1, 0.15) is 36.5 Å². The van der Waals surface area contributed by atoms with Gasteiger partial charge in [-0.3, -0.25) is 9.59 Å². The monoisotopic (exact) mass is 255 g/mol. The van der Waals surface area contributed by atoms with Gasteiger partial charge in [-0.05, 0) is 24.6 Å². The molecule has 0 aliphatic rings. The van der Waals surface area contributed by atoms with E-state index in [1.807, 2.05) is 6.92 Å². The second kappa shape index (κ2) is 6.83. The Morgan fingerprint density at radius 1 is 1.17 bits per heavy atom. The molecule has 3 nitrogen and oxygen atoms in total. The van der Waals surface area contributed by atoms with E-state index in [9.17, 15) is 18.4 Å². The van der Waals surface area contributed by atoms with Crippen molar-refractivity contribution in [2.45, 2.75) is 26.2 Å². The zero-order chi connectivity index (χ0) is 13.5. The van der Waals surface area contributed by atoms with Crippen molar-refractivity contribution in [3.8, 4) is 0 Å². The van der Waals surface area contributed by atoms with E-state index in [1.165, 1.54) is 0 Å². The van der Waals surface area contributed by atoms with Crippen LogP contribution in [0.3, 0.4) is 0 Å². The number of Topliss-reactive ketones (excluding diaryl/α,β-unsaturated/α-hetero) is 1. The van der Waals surface area contributed by atoms with Crippen LogP contribution in [-0.4, -0.2) is 18.2 Å². The van der Waals surface area contributed by atoms with Crippen LogP contribution < -0.4 is 5.32 Å². The van der Waals surface area contributed by atoms with Crippen molar-refractivity contribution in [3.63, 3.8) is 0 Å². The highest BCUT2D eigenvalue weighted by atomic mass is 19.2. The van der Waals surface area contributed by atoms with Crippen LogP contribution in [0.5, 0.6) is 0 Å². The largest absolute Gasteiger partial charge is 0.349 e. The second-order valence-corrected chi connectivity index (χ2v) is 3.92. The Morgan fingerprint density at radius 2 is 1.89 bits per heavy atom. The highest BCUT2D eigenvalue weighted by Crippen LogP contribution is 2.09. The van der Waals surface area contributed by atoms with Gasteiger partial charge in [0.25, 0.3) is 5.91 Å². The normalized spacial score (nSPS) is 10.2. The van der Waals surface area contributed by atoms with E-state index in [4.69, 9.17) is 0 Å². The van der Waals surface area contributed by atoms with Gasteiger partial charge < -0.3 is 5.32 Å². The molecule has 1 aromatic rings. The molecule has 98 valence electrons. The lowest BCUT2D eigenvalue weighted by atomic mass is 10.1. The molecule has 0 saturated carbocycles. The molecule has 0 radical (unpaired) electrons. The highest BCUT2D eigenvalue weighted by Gasteiger charge is 2.17. The minimum Gasteiger partial charge on any atom is -0.349 e. The third-order valence-electron chi connectivity index (χ3n) is 2.45. The summed E-state index contributed by atoms with van der Waals surface area (Å²) < 4.78 is 25.6. The predicted molar refractivity (Wildman–Crippen MR) is 63.2 cm³/mol. The number of hydrogen-bond acceptors (Lipinski definition) is 2. The first-order chi connectivity index (χ1) is 8.56. The number of amides is 1. The number of nitrogens with one attached hydrogen (secondary N) is 1. The fraction of sp³-hybridized carbons (Fsp3) is 0.385. The van der Waals surface area contributed by atoms with Crippen LogP contribution in [-0.2, 0) is 4.79 Å². The fourth-order valence-electron chi connectivity index (χ4n) is 1.43. The molecular weight excluding hydrogens is 240 g/mol. The molecule has 0 spiro atoms. The summed E-state index contributed by atoms with van der Waals surface area (Å²) in [4.78, 5) is 23.0. The number of hydrogen-bond donors (Lipinski definition) is 1. The Balaban J connectivity index is 2.57. The van der Waals surface area contributed by atoms with Crippen LogP contribution in [0.2, 0.25) is 0 Å². The van der Waals surface area contributed by atoms with Crippen molar-refractivity contribution in [1.82, 2.24) is 5.32 Å². The lowest BCUT2D eigenvalue weighted by Gasteiger charge is -2.04. The number of unbranched alkanes of at least 4 members (excludes halogenated alkanes) is 2. The van der Waals surface area contributed by atoms with Crippen LogP contribution in [0, 0.1) is 11.6 Å². The second-order valence-electron chi connectivity index (χ2n) is 3.92. The molecule has 1 amide bonds. The number of ketones is 1. The summed E-state index contributed by atoms with van der Waals surface area (Å²) >= 11 is 0. The Morgan fingerprint density at radius 3 is 2.50 bits per heavy atom. The van der Waals surface area contributed by atoms with E-state index in [1.54, 1.807) is 0 Å². The fourth-order valence-corrected chi connectivity index (χ4v) is 1.43. The van der Waals surface area contributed by atoms with E-state index < -0.39 is 23.3 Å². The smallest absolute Gasteiger partial charge is 0.292 e. The molecule has 0 fully saturated rings. The summed E-state index contributed by atoms with van der Waals surface area (Å²) in [5, 5.41) is 2.45. The first kappa shape index (κ1) is 14.3. The SMILES string of the molecule is CCCCCNC(=O)C(=O)c1ccc(F)c(F)c1. The van der Waals surface area contributed by atoms with Gasteiger partial charge >= 0.3 is 0 Å². The topological polar surface area (TPSA) is 46.2 Å². The Labute approximate surface area is 104 Å². The Hall–Kier alpha value is -1.78. The Kier molecular flexibility index (Phi) is 5.42. The van der Waals surface area contributed by atoms with Crippen LogP contribution in [0.25, 0.3) is 0 Å². The van der Waals surface area contributed by atoms with Crippen LogP contribution >= 0.6 is 0 Å². The zero-order valence-electron chi connectivity index (χ0n) is 10.1. The lowest BCUT2D eigenvalue weighted by molar-refractivity contribution is -0.117. The van der Waals surface area contributed by atoms with E-state index in [2.05, 4.69) is 5.32 Å². The number of rotatable bonds is 6. The number of benzene rings is 1. The van der Waals surface area contributed by atoms with Gasteiger partial charge in [-0.25, -0.2) is 8.78 Å². The molecule has 0 saturated heterocycles. The number of carbonyl (C=O) groups is 2. The zero-order valence-corrected chi connectivity index (χ0v) is 10.1. The molecule has 0 aliphatic heterocycles. The van der Waals surface area contributed by atoms with Gasteiger partial charge in [0.1, 0.15) is 0 Å². The van der Waals surface area contributed by atoms with Crippen molar-refractivity contribution in [1.29, 1.82) is 0 Å². The molecule has 0 aliphatic carbocycles. The standard InChI is InChI=1S/C13H15F2NO2/c1-2-3-4-7-16-13(18)12(17)9-5-6-10(14)11(15)8-9/h5-6,8H,2-4,7H2,1H3,(H,16,18). The van der Waals surface area contributed by atoms with Gasteiger partial charge in [0.2, 0.25) is 5.78 Å². The first-order valence-electron chi connectivity index (χ1n) is 5.83. The van der Waals surface area contributed by atoms with Gasteiger partial charge in [0.05, 0.1) is 0 Å².